The lowest BCUT2D eigenvalue weighted by Crippen LogP contribution is -2.61. The SMILES string of the molecule is CSCC[C@H](NC(=O)[C@H](Cc1ccccc1)NC(=O)[C@H](CO)NC(=O)[C@H](CC(=O)O)NC(=O)[C@H](CO)NC(=O)[C@H](Cc1ccccc1)NC(=O)[C@H](C)NC(=O)[C@@H](N)CC(N)=O)C(=O)N[C@H](C=O)CC(=O)O. The van der Waals surface area contributed by atoms with Crippen molar-refractivity contribution in [2.45, 2.75) is 99.8 Å². The Bertz CT molecular complexity index is 2190. The predicted octanol–water partition coefficient (Wildman–Crippen LogP) is -5.54. The summed E-state index contributed by atoms with van der Waals surface area (Å²) in [6.07, 6.45) is -0.901. The molecular weight excluding hydrogens is 957 g/mol. The van der Waals surface area contributed by atoms with E-state index in [2.05, 4.69) is 42.5 Å². The zero-order valence-corrected chi connectivity index (χ0v) is 39.5. The minimum Gasteiger partial charge on any atom is -0.481 e. The molecule has 0 unspecified atom stereocenters. The van der Waals surface area contributed by atoms with E-state index in [4.69, 9.17) is 16.6 Å². The van der Waals surface area contributed by atoms with Gasteiger partial charge in [0.15, 0.2) is 0 Å². The summed E-state index contributed by atoms with van der Waals surface area (Å²) >= 11 is 1.30. The molecule has 0 fully saturated rings. The van der Waals surface area contributed by atoms with Crippen LogP contribution in [0.15, 0.2) is 60.7 Å². The molecule has 16 N–H and O–H groups in total. The van der Waals surface area contributed by atoms with E-state index in [0.29, 0.717) is 16.9 Å². The molecule has 0 bridgehead atoms. The topological polar surface area (TPSA) is 434 Å². The number of aliphatic hydroxyl groups excluding tert-OH is 2. The van der Waals surface area contributed by atoms with Gasteiger partial charge in [0.25, 0.3) is 0 Å². The van der Waals surface area contributed by atoms with Gasteiger partial charge in [-0.2, -0.15) is 11.8 Å². The number of amides is 9. The zero-order chi connectivity index (χ0) is 53.2. The first-order valence-electron chi connectivity index (χ1n) is 21.8. The largest absolute Gasteiger partial charge is 0.481 e. The quantitative estimate of drug-likeness (QED) is 0.0304. The van der Waals surface area contributed by atoms with Crippen molar-refractivity contribution in [3.05, 3.63) is 71.8 Å². The molecule has 0 radical (unpaired) electrons. The van der Waals surface area contributed by atoms with Crippen LogP contribution in [0.2, 0.25) is 0 Å². The van der Waals surface area contributed by atoms with E-state index in [-0.39, 0.29) is 25.5 Å². The van der Waals surface area contributed by atoms with Crippen molar-refractivity contribution in [2.24, 2.45) is 11.5 Å². The van der Waals surface area contributed by atoms with Crippen LogP contribution < -0.4 is 54.0 Å². The monoisotopic (exact) mass is 1020 g/mol. The average Bonchev–Trinajstić information content (AvgIpc) is 3.32. The van der Waals surface area contributed by atoms with Crippen molar-refractivity contribution < 1.29 is 78.0 Å². The molecule has 0 heterocycles. The Morgan fingerprint density at radius 1 is 0.535 bits per heavy atom. The number of nitrogens with one attached hydrogen (secondary N) is 8. The van der Waals surface area contributed by atoms with Gasteiger partial charge in [0.1, 0.15) is 48.6 Å². The van der Waals surface area contributed by atoms with Crippen molar-refractivity contribution in [2.75, 3.05) is 25.2 Å². The Balaban J connectivity index is 2.31. The van der Waals surface area contributed by atoms with Crippen LogP contribution in [0, 0.1) is 0 Å². The van der Waals surface area contributed by atoms with Crippen molar-refractivity contribution in [3.63, 3.8) is 0 Å². The van der Waals surface area contributed by atoms with Crippen LogP contribution in [0.5, 0.6) is 0 Å². The van der Waals surface area contributed by atoms with Crippen LogP contribution in [0.1, 0.15) is 43.7 Å². The molecule has 27 heteroatoms. The van der Waals surface area contributed by atoms with Crippen LogP contribution >= 0.6 is 11.8 Å². The number of carboxylic acid groups (broad SMARTS) is 2. The lowest BCUT2D eigenvalue weighted by Gasteiger charge is -2.27. The molecule has 2 rings (SSSR count). The molecule has 2 aromatic carbocycles. The Morgan fingerprint density at radius 3 is 1.35 bits per heavy atom. The molecule has 0 aliphatic rings. The maximum absolute atomic E-state index is 13.8. The highest BCUT2D eigenvalue weighted by molar-refractivity contribution is 7.98. The van der Waals surface area contributed by atoms with E-state index >= 15 is 0 Å². The number of hydrogen-bond acceptors (Lipinski definition) is 16. The molecule has 9 atom stereocenters. The summed E-state index contributed by atoms with van der Waals surface area (Å²) < 4.78 is 0. The van der Waals surface area contributed by atoms with E-state index < -0.39 is 152 Å². The third kappa shape index (κ3) is 21.8. The van der Waals surface area contributed by atoms with E-state index in [1.165, 1.54) is 18.7 Å². The summed E-state index contributed by atoms with van der Waals surface area (Å²) in [6, 6.07) is 1.96. The fraction of sp³-hybridized carbons (Fsp3) is 0.455. The highest BCUT2D eigenvalue weighted by atomic mass is 32.2. The number of carbonyl (C=O) groups is 12. The number of aldehydes is 1. The molecule has 0 saturated heterocycles. The van der Waals surface area contributed by atoms with Gasteiger partial charge in [0.05, 0.1) is 44.6 Å². The fourth-order valence-electron chi connectivity index (χ4n) is 6.35. The summed E-state index contributed by atoms with van der Waals surface area (Å²) in [4.78, 5) is 153. The molecule has 9 amide bonds. The van der Waals surface area contributed by atoms with Gasteiger partial charge in [0.2, 0.25) is 53.2 Å². The van der Waals surface area contributed by atoms with E-state index in [1.54, 1.807) is 66.9 Å². The standard InChI is InChI=1S/C44H60N10O16S/c1-23(47-38(64)27(45)18-34(46)58)37(63)50-29(15-24-9-5-3-6-10-24)41(67)53-33(22-57)44(70)52-31(19-36(61)62)42(68)54-32(21-56)43(69)51-30(16-25-11-7-4-8-12-25)40(66)49-28(13-14-71-2)39(65)48-26(20-55)17-35(59)60/h3-12,20,23,26-33,56-57H,13-19,21-22,45H2,1-2H3,(H2,46,58)(H,47,64)(H,48,65)(H,49,66)(H,50,63)(H,51,69)(H,52,70)(H,53,67)(H,54,68)(H,59,60)(H,61,62)/t23-,26-,27-,28-,29-,30-,31-,32-,33-/m0/s1. The molecular formula is C44H60N10O16S. The summed E-state index contributed by atoms with van der Waals surface area (Å²) in [5.41, 5.74) is 11.7. The summed E-state index contributed by atoms with van der Waals surface area (Å²) in [7, 11) is 0. The summed E-state index contributed by atoms with van der Waals surface area (Å²) in [5.74, 6) is -12.2. The van der Waals surface area contributed by atoms with Gasteiger partial charge in [-0.15, -0.1) is 0 Å². The molecule has 388 valence electrons. The number of thioether (sulfide) groups is 1. The van der Waals surface area contributed by atoms with Crippen molar-refractivity contribution in [1.29, 1.82) is 0 Å². The Kier molecular flexibility index (Phi) is 25.9. The Hall–Kier alpha value is -7.49. The highest BCUT2D eigenvalue weighted by Crippen LogP contribution is 2.09. The van der Waals surface area contributed by atoms with Crippen LogP contribution in [0.4, 0.5) is 0 Å². The molecule has 0 saturated carbocycles. The number of primary amides is 1. The van der Waals surface area contributed by atoms with Gasteiger partial charge in [0, 0.05) is 12.8 Å². The van der Waals surface area contributed by atoms with Crippen molar-refractivity contribution >= 4 is 83.2 Å². The Morgan fingerprint density at radius 2 is 0.930 bits per heavy atom. The first-order chi connectivity index (χ1) is 33.6. The second-order valence-corrected chi connectivity index (χ2v) is 16.8. The zero-order valence-electron chi connectivity index (χ0n) is 38.7. The second-order valence-electron chi connectivity index (χ2n) is 15.8. The molecule has 0 aromatic heterocycles. The number of nitrogens with two attached hydrogens (primary N) is 2. The van der Waals surface area contributed by atoms with Crippen LogP contribution in [0.25, 0.3) is 0 Å². The molecule has 0 aliphatic heterocycles. The van der Waals surface area contributed by atoms with Gasteiger partial charge in [-0.3, -0.25) is 52.7 Å². The number of rotatable bonds is 32. The lowest BCUT2D eigenvalue weighted by molar-refractivity contribution is -0.142. The number of benzene rings is 2. The van der Waals surface area contributed by atoms with Gasteiger partial charge in [-0.1, -0.05) is 60.7 Å². The van der Waals surface area contributed by atoms with Gasteiger partial charge in [-0.05, 0) is 36.5 Å². The number of carbonyl (C=O) groups excluding carboxylic acids is 10. The van der Waals surface area contributed by atoms with E-state index in [1.807, 2.05) is 0 Å². The van der Waals surface area contributed by atoms with Crippen LogP contribution in [-0.2, 0) is 70.4 Å². The van der Waals surface area contributed by atoms with Crippen molar-refractivity contribution in [3.8, 4) is 0 Å². The third-order valence-corrected chi connectivity index (χ3v) is 10.8. The Labute approximate surface area is 410 Å². The van der Waals surface area contributed by atoms with Gasteiger partial charge in [-0.25, -0.2) is 0 Å². The van der Waals surface area contributed by atoms with Gasteiger partial charge >= 0.3 is 11.9 Å². The van der Waals surface area contributed by atoms with Crippen LogP contribution in [-0.4, -0.2) is 171 Å². The minimum atomic E-state index is -2.03. The number of carboxylic acids is 2. The second kappa shape index (κ2) is 30.9. The van der Waals surface area contributed by atoms with Gasteiger partial charge < -0.3 is 79.2 Å². The smallest absolute Gasteiger partial charge is 0.305 e. The number of aliphatic hydroxyl groups is 2. The molecule has 0 aliphatic carbocycles. The first-order valence-corrected chi connectivity index (χ1v) is 23.2. The lowest BCUT2D eigenvalue weighted by atomic mass is 10.0. The summed E-state index contributed by atoms with van der Waals surface area (Å²) in [5, 5.41) is 57.4. The minimum absolute atomic E-state index is 0.00103. The number of hydrogen-bond donors (Lipinski definition) is 14. The summed E-state index contributed by atoms with van der Waals surface area (Å²) in [6.45, 7) is -1.04. The predicted molar refractivity (Wildman–Crippen MR) is 251 cm³/mol. The number of aliphatic carboxylic acids is 2. The third-order valence-electron chi connectivity index (χ3n) is 10.1. The molecule has 0 spiro atoms. The molecule has 26 nitrogen and oxygen atoms in total. The maximum Gasteiger partial charge on any atom is 0.305 e. The van der Waals surface area contributed by atoms with Crippen molar-refractivity contribution in [1.82, 2.24) is 42.5 Å². The molecule has 71 heavy (non-hydrogen) atoms. The fourth-order valence-corrected chi connectivity index (χ4v) is 6.82. The van der Waals surface area contributed by atoms with Crippen LogP contribution in [0.3, 0.4) is 0 Å². The molecule has 2 aromatic rings. The van der Waals surface area contributed by atoms with E-state index in [0.717, 1.165) is 0 Å². The highest BCUT2D eigenvalue weighted by Gasteiger charge is 2.35. The normalized spacial score (nSPS) is 14.6. The maximum atomic E-state index is 13.8. The van der Waals surface area contributed by atoms with E-state index in [9.17, 15) is 72.9 Å². The first kappa shape index (κ1) is 59.6. The average molecular weight is 1020 g/mol.